The Bertz CT molecular complexity index is 826. The maximum Gasteiger partial charge on any atom is 0.233 e. The third-order valence-electron chi connectivity index (χ3n) is 5.17. The fourth-order valence-electron chi connectivity index (χ4n) is 3.68. The molecular formula is C19H25Cl2N7. The first-order valence-electron chi connectivity index (χ1n) is 9.82. The highest BCUT2D eigenvalue weighted by atomic mass is 35.5. The van der Waals surface area contributed by atoms with E-state index in [0.29, 0.717) is 27.9 Å². The molecular weight excluding hydrogens is 397 g/mol. The molecule has 1 unspecified atom stereocenters. The van der Waals surface area contributed by atoms with Crippen molar-refractivity contribution in [3.8, 4) is 0 Å². The average molecular weight is 422 g/mol. The Kier molecular flexibility index (Phi) is 6.04. The molecule has 0 bridgehead atoms. The molecule has 1 aromatic carbocycles. The molecule has 0 radical (unpaired) electrons. The Hall–Kier alpha value is -1.83. The van der Waals surface area contributed by atoms with Gasteiger partial charge in [-0.1, -0.05) is 23.2 Å². The van der Waals surface area contributed by atoms with E-state index >= 15 is 0 Å². The summed E-state index contributed by atoms with van der Waals surface area (Å²) in [6, 6.07) is 5.53. The van der Waals surface area contributed by atoms with Crippen LogP contribution in [-0.2, 0) is 0 Å². The lowest BCUT2D eigenvalue weighted by atomic mass is 10.1. The van der Waals surface area contributed by atoms with Gasteiger partial charge < -0.3 is 20.9 Å². The number of piperidine rings is 2. The van der Waals surface area contributed by atoms with Gasteiger partial charge in [0.05, 0.1) is 10.0 Å². The number of nitrogens with zero attached hydrogens (tertiary/aromatic N) is 5. The van der Waals surface area contributed by atoms with Crippen LogP contribution in [0.25, 0.3) is 0 Å². The highest BCUT2D eigenvalue weighted by molar-refractivity contribution is 6.42. The maximum absolute atomic E-state index is 6.17. The second-order valence-corrected chi connectivity index (χ2v) is 8.22. The monoisotopic (exact) mass is 421 g/mol. The summed E-state index contributed by atoms with van der Waals surface area (Å²) in [6.45, 7) is 3.60. The molecule has 3 N–H and O–H groups in total. The van der Waals surface area contributed by atoms with Crippen LogP contribution in [0.1, 0.15) is 32.1 Å². The van der Waals surface area contributed by atoms with Crippen LogP contribution in [0, 0.1) is 0 Å². The van der Waals surface area contributed by atoms with E-state index in [-0.39, 0.29) is 6.04 Å². The maximum atomic E-state index is 6.17. The van der Waals surface area contributed by atoms with Crippen molar-refractivity contribution in [1.82, 2.24) is 15.0 Å². The second kappa shape index (κ2) is 8.68. The molecule has 2 fully saturated rings. The number of aromatic nitrogens is 3. The molecule has 9 heteroatoms. The number of rotatable bonds is 4. The first-order chi connectivity index (χ1) is 13.6. The minimum absolute atomic E-state index is 0.149. The molecule has 0 saturated carbocycles. The fraction of sp³-hybridized carbons (Fsp3) is 0.526. The molecule has 28 heavy (non-hydrogen) atoms. The molecule has 0 amide bonds. The molecule has 4 rings (SSSR count). The van der Waals surface area contributed by atoms with E-state index in [1.165, 1.54) is 6.42 Å². The number of nitrogens with one attached hydrogen (secondary N) is 1. The van der Waals surface area contributed by atoms with Crippen molar-refractivity contribution in [2.24, 2.45) is 5.73 Å². The van der Waals surface area contributed by atoms with Crippen LogP contribution in [0.15, 0.2) is 18.2 Å². The topological polar surface area (TPSA) is 83.2 Å². The minimum Gasteiger partial charge on any atom is -0.341 e. The van der Waals surface area contributed by atoms with Crippen LogP contribution in [0.3, 0.4) is 0 Å². The van der Waals surface area contributed by atoms with Gasteiger partial charge in [-0.25, -0.2) is 0 Å². The van der Waals surface area contributed by atoms with E-state index in [2.05, 4.69) is 25.1 Å². The van der Waals surface area contributed by atoms with Gasteiger partial charge in [0.1, 0.15) is 0 Å². The van der Waals surface area contributed by atoms with Crippen LogP contribution in [0.4, 0.5) is 23.5 Å². The van der Waals surface area contributed by atoms with Gasteiger partial charge in [0.2, 0.25) is 17.8 Å². The van der Waals surface area contributed by atoms with E-state index in [0.717, 1.165) is 57.5 Å². The molecule has 0 aliphatic carbocycles. The second-order valence-electron chi connectivity index (χ2n) is 7.41. The highest BCUT2D eigenvalue weighted by Gasteiger charge is 2.23. The first kappa shape index (κ1) is 19.5. The van der Waals surface area contributed by atoms with Crippen molar-refractivity contribution < 1.29 is 0 Å². The third-order valence-corrected chi connectivity index (χ3v) is 5.91. The van der Waals surface area contributed by atoms with Gasteiger partial charge >= 0.3 is 0 Å². The van der Waals surface area contributed by atoms with Gasteiger partial charge in [-0.05, 0) is 50.3 Å². The summed E-state index contributed by atoms with van der Waals surface area (Å²) in [6.07, 6.45) is 5.65. The number of hydrogen-bond donors (Lipinski definition) is 2. The van der Waals surface area contributed by atoms with Gasteiger partial charge in [-0.2, -0.15) is 15.0 Å². The first-order valence-corrected chi connectivity index (χ1v) is 10.6. The summed E-state index contributed by atoms with van der Waals surface area (Å²) in [5, 5.41) is 4.25. The summed E-state index contributed by atoms with van der Waals surface area (Å²) < 4.78 is 0. The number of hydrogen-bond acceptors (Lipinski definition) is 7. The lowest BCUT2D eigenvalue weighted by Gasteiger charge is -2.32. The SMILES string of the molecule is NC1CCCN(c2nc(Nc3ccc(Cl)c(Cl)c3)nc(N3CCCCC3)n2)C1. The summed E-state index contributed by atoms with van der Waals surface area (Å²) in [5.41, 5.74) is 6.95. The fourth-order valence-corrected chi connectivity index (χ4v) is 3.98. The Morgan fingerprint density at radius 1 is 0.893 bits per heavy atom. The smallest absolute Gasteiger partial charge is 0.233 e. The van der Waals surface area contributed by atoms with Crippen molar-refractivity contribution in [3.05, 3.63) is 28.2 Å². The van der Waals surface area contributed by atoms with Crippen molar-refractivity contribution in [3.63, 3.8) is 0 Å². The molecule has 1 atom stereocenters. The largest absolute Gasteiger partial charge is 0.341 e. The van der Waals surface area contributed by atoms with Crippen LogP contribution in [0.5, 0.6) is 0 Å². The lowest BCUT2D eigenvalue weighted by Crippen LogP contribution is -2.44. The van der Waals surface area contributed by atoms with Gasteiger partial charge in [0.15, 0.2) is 0 Å². The molecule has 2 aromatic rings. The Morgan fingerprint density at radius 3 is 2.32 bits per heavy atom. The third kappa shape index (κ3) is 4.59. The zero-order valence-electron chi connectivity index (χ0n) is 15.7. The van der Waals surface area contributed by atoms with E-state index in [1.54, 1.807) is 12.1 Å². The van der Waals surface area contributed by atoms with Gasteiger partial charge in [-0.15, -0.1) is 0 Å². The van der Waals surface area contributed by atoms with E-state index in [1.807, 2.05) is 6.07 Å². The minimum atomic E-state index is 0.149. The van der Waals surface area contributed by atoms with Crippen LogP contribution < -0.4 is 20.9 Å². The number of anilines is 4. The van der Waals surface area contributed by atoms with Crippen molar-refractivity contribution in [2.45, 2.75) is 38.1 Å². The molecule has 2 aliphatic heterocycles. The summed E-state index contributed by atoms with van der Waals surface area (Å²) in [7, 11) is 0. The Labute approximate surface area is 175 Å². The number of benzene rings is 1. The Morgan fingerprint density at radius 2 is 1.61 bits per heavy atom. The predicted octanol–water partition coefficient (Wildman–Crippen LogP) is 3.84. The molecule has 3 heterocycles. The van der Waals surface area contributed by atoms with E-state index in [4.69, 9.17) is 33.9 Å². The summed E-state index contributed by atoms with van der Waals surface area (Å²) in [4.78, 5) is 18.5. The van der Waals surface area contributed by atoms with Gasteiger partial charge in [-0.3, -0.25) is 0 Å². The summed E-state index contributed by atoms with van der Waals surface area (Å²) >= 11 is 12.2. The molecule has 7 nitrogen and oxygen atoms in total. The summed E-state index contributed by atoms with van der Waals surface area (Å²) in [5.74, 6) is 1.89. The zero-order chi connectivity index (χ0) is 19.5. The zero-order valence-corrected chi connectivity index (χ0v) is 17.3. The normalized spacial score (nSPS) is 20.3. The van der Waals surface area contributed by atoms with Crippen LogP contribution in [0.2, 0.25) is 10.0 Å². The number of halogens is 2. The van der Waals surface area contributed by atoms with Crippen molar-refractivity contribution in [2.75, 3.05) is 41.3 Å². The standard InChI is InChI=1S/C19H25Cl2N7/c20-15-7-6-14(11-16(15)21)23-17-24-18(27-8-2-1-3-9-27)26-19(25-17)28-10-4-5-13(22)12-28/h6-7,11,13H,1-5,8-10,12,22H2,(H,23,24,25,26). The average Bonchev–Trinajstić information content (AvgIpc) is 2.71. The van der Waals surface area contributed by atoms with Crippen LogP contribution in [-0.4, -0.2) is 47.2 Å². The molecule has 2 aliphatic rings. The predicted molar refractivity (Wildman–Crippen MR) is 115 cm³/mol. The van der Waals surface area contributed by atoms with Crippen molar-refractivity contribution >= 4 is 46.7 Å². The van der Waals surface area contributed by atoms with Crippen molar-refractivity contribution in [1.29, 1.82) is 0 Å². The quantitative estimate of drug-likeness (QED) is 0.775. The lowest BCUT2D eigenvalue weighted by molar-refractivity contribution is 0.498. The Balaban J connectivity index is 1.65. The van der Waals surface area contributed by atoms with Crippen LogP contribution >= 0.6 is 23.2 Å². The van der Waals surface area contributed by atoms with Gasteiger partial charge in [0, 0.05) is 37.9 Å². The number of nitrogens with two attached hydrogens (primary N) is 1. The van der Waals surface area contributed by atoms with Gasteiger partial charge in [0.25, 0.3) is 0 Å². The molecule has 150 valence electrons. The highest BCUT2D eigenvalue weighted by Crippen LogP contribution is 2.28. The molecule has 2 saturated heterocycles. The van der Waals surface area contributed by atoms with E-state index in [9.17, 15) is 0 Å². The van der Waals surface area contributed by atoms with E-state index < -0.39 is 0 Å². The molecule has 1 aromatic heterocycles. The molecule has 0 spiro atoms.